The SMILES string of the molecule is c1ccc(-c2ccccc2-n2c3ccccc3c3cc(-c4ccc5c(c4)c4ccccc4n5-c4ccc(-c5ccccc5)c5oc6ccccc6c45)ccc32)cc1. The van der Waals surface area contributed by atoms with Gasteiger partial charge in [-0.1, -0.05) is 146 Å². The Morgan fingerprint density at radius 2 is 0.789 bits per heavy atom. The second kappa shape index (κ2) is 12.5. The van der Waals surface area contributed by atoms with Crippen LogP contribution in [-0.2, 0) is 0 Å². The van der Waals surface area contributed by atoms with E-state index in [9.17, 15) is 0 Å². The van der Waals surface area contributed by atoms with Gasteiger partial charge in [-0.25, -0.2) is 0 Å². The molecule has 0 spiro atoms. The smallest absolute Gasteiger partial charge is 0.145 e. The van der Waals surface area contributed by atoms with Gasteiger partial charge in [0.1, 0.15) is 11.2 Å². The molecule has 3 heterocycles. The van der Waals surface area contributed by atoms with E-state index in [1.165, 1.54) is 66.0 Å². The van der Waals surface area contributed by atoms with Gasteiger partial charge in [-0.15, -0.1) is 0 Å². The van der Waals surface area contributed by atoms with Crippen molar-refractivity contribution in [2.24, 2.45) is 0 Å². The van der Waals surface area contributed by atoms with Gasteiger partial charge < -0.3 is 13.6 Å². The number of rotatable bonds is 5. The molecule has 9 aromatic carbocycles. The molecule has 0 aliphatic rings. The van der Waals surface area contributed by atoms with Crippen LogP contribution in [0.4, 0.5) is 0 Å². The lowest BCUT2D eigenvalue weighted by Gasteiger charge is -2.14. The van der Waals surface area contributed by atoms with E-state index in [1.54, 1.807) is 0 Å². The Bertz CT molecular complexity index is 3510. The van der Waals surface area contributed by atoms with Gasteiger partial charge >= 0.3 is 0 Å². The molecule has 57 heavy (non-hydrogen) atoms. The number of fused-ring (bicyclic) bond motifs is 9. The van der Waals surface area contributed by atoms with Gasteiger partial charge in [0.25, 0.3) is 0 Å². The minimum Gasteiger partial charge on any atom is -0.455 e. The summed E-state index contributed by atoms with van der Waals surface area (Å²) in [6.07, 6.45) is 0. The Morgan fingerprint density at radius 3 is 1.44 bits per heavy atom. The molecule has 0 atom stereocenters. The predicted molar refractivity (Wildman–Crippen MR) is 239 cm³/mol. The molecule has 3 heteroatoms. The molecule has 0 N–H and O–H groups in total. The Balaban J connectivity index is 1.06. The van der Waals surface area contributed by atoms with E-state index in [4.69, 9.17) is 4.42 Å². The van der Waals surface area contributed by atoms with Crippen LogP contribution in [0.5, 0.6) is 0 Å². The summed E-state index contributed by atoms with van der Waals surface area (Å²) in [6.45, 7) is 0. The molecule has 0 bridgehead atoms. The van der Waals surface area contributed by atoms with Gasteiger partial charge in [0.15, 0.2) is 0 Å². The fourth-order valence-corrected chi connectivity index (χ4v) is 9.20. The molecule has 0 fully saturated rings. The molecule has 0 saturated carbocycles. The van der Waals surface area contributed by atoms with Crippen molar-refractivity contribution in [3.05, 3.63) is 206 Å². The number of nitrogens with zero attached hydrogens (tertiary/aromatic N) is 2. The van der Waals surface area contributed by atoms with Crippen LogP contribution in [0.3, 0.4) is 0 Å². The monoisotopic (exact) mass is 726 g/mol. The van der Waals surface area contributed by atoms with Crippen molar-refractivity contribution in [2.75, 3.05) is 0 Å². The number of hydrogen-bond acceptors (Lipinski definition) is 1. The summed E-state index contributed by atoms with van der Waals surface area (Å²) >= 11 is 0. The molecule has 0 radical (unpaired) electrons. The maximum Gasteiger partial charge on any atom is 0.145 e. The van der Waals surface area contributed by atoms with Crippen LogP contribution in [-0.4, -0.2) is 9.13 Å². The highest BCUT2D eigenvalue weighted by molar-refractivity contribution is 6.17. The van der Waals surface area contributed by atoms with Crippen molar-refractivity contribution < 1.29 is 4.42 Å². The van der Waals surface area contributed by atoms with E-state index < -0.39 is 0 Å². The van der Waals surface area contributed by atoms with E-state index in [1.807, 2.05) is 6.07 Å². The molecular formula is C54H34N2O. The highest BCUT2D eigenvalue weighted by Gasteiger charge is 2.21. The third-order valence-corrected chi connectivity index (χ3v) is 11.7. The minimum atomic E-state index is 0.889. The van der Waals surface area contributed by atoms with Crippen LogP contribution < -0.4 is 0 Å². The van der Waals surface area contributed by atoms with Crippen molar-refractivity contribution in [2.45, 2.75) is 0 Å². The summed E-state index contributed by atoms with van der Waals surface area (Å²) in [5, 5.41) is 7.15. The van der Waals surface area contributed by atoms with E-state index in [2.05, 4.69) is 209 Å². The van der Waals surface area contributed by atoms with Gasteiger partial charge in [-0.2, -0.15) is 0 Å². The van der Waals surface area contributed by atoms with Crippen LogP contribution in [0.25, 0.3) is 110 Å². The highest BCUT2D eigenvalue weighted by Crippen LogP contribution is 2.44. The van der Waals surface area contributed by atoms with E-state index in [0.29, 0.717) is 0 Å². The van der Waals surface area contributed by atoms with E-state index in [-0.39, 0.29) is 0 Å². The van der Waals surface area contributed by atoms with E-state index >= 15 is 0 Å². The number of hydrogen-bond donors (Lipinski definition) is 0. The predicted octanol–water partition coefficient (Wildman–Crippen LogP) is 14.8. The summed E-state index contributed by atoms with van der Waals surface area (Å²) in [7, 11) is 0. The van der Waals surface area contributed by atoms with Gasteiger partial charge in [0.2, 0.25) is 0 Å². The maximum atomic E-state index is 6.69. The van der Waals surface area contributed by atoms with Gasteiger partial charge in [0, 0.05) is 38.1 Å². The van der Waals surface area contributed by atoms with Crippen molar-refractivity contribution >= 4 is 65.6 Å². The van der Waals surface area contributed by atoms with Crippen LogP contribution in [0.15, 0.2) is 211 Å². The maximum absolute atomic E-state index is 6.69. The van der Waals surface area contributed by atoms with Gasteiger partial charge in [0.05, 0.1) is 38.8 Å². The third-order valence-electron chi connectivity index (χ3n) is 11.7. The average molecular weight is 727 g/mol. The molecule has 266 valence electrons. The molecule has 3 nitrogen and oxygen atoms in total. The van der Waals surface area contributed by atoms with Crippen LogP contribution in [0.2, 0.25) is 0 Å². The second-order valence-corrected chi connectivity index (χ2v) is 14.9. The summed E-state index contributed by atoms with van der Waals surface area (Å²) in [4.78, 5) is 0. The number of furan rings is 1. The zero-order valence-corrected chi connectivity index (χ0v) is 30.9. The Morgan fingerprint density at radius 1 is 0.298 bits per heavy atom. The summed E-state index contributed by atoms with van der Waals surface area (Å²) in [5.74, 6) is 0. The largest absolute Gasteiger partial charge is 0.455 e. The van der Waals surface area contributed by atoms with Gasteiger partial charge in [-0.3, -0.25) is 0 Å². The summed E-state index contributed by atoms with van der Waals surface area (Å²) in [6, 6.07) is 74.3. The summed E-state index contributed by atoms with van der Waals surface area (Å²) < 4.78 is 11.5. The molecule has 0 amide bonds. The Kier molecular flexibility index (Phi) is 6.93. The number of benzene rings is 9. The molecule has 0 aliphatic heterocycles. The molecule has 0 aliphatic carbocycles. The lowest BCUT2D eigenvalue weighted by Crippen LogP contribution is -1.97. The van der Waals surface area contributed by atoms with Gasteiger partial charge in [-0.05, 0) is 82.9 Å². The second-order valence-electron chi connectivity index (χ2n) is 14.9. The number of para-hydroxylation sites is 4. The topological polar surface area (TPSA) is 23.0 Å². The molecule has 0 unspecified atom stereocenters. The fourth-order valence-electron chi connectivity index (χ4n) is 9.20. The van der Waals surface area contributed by atoms with Crippen LogP contribution in [0.1, 0.15) is 0 Å². The molecular weight excluding hydrogens is 693 g/mol. The quantitative estimate of drug-likeness (QED) is 0.173. The highest BCUT2D eigenvalue weighted by atomic mass is 16.3. The normalized spacial score (nSPS) is 11.9. The lowest BCUT2D eigenvalue weighted by molar-refractivity contribution is 0.670. The van der Waals surface area contributed by atoms with Crippen molar-refractivity contribution in [1.29, 1.82) is 0 Å². The Hall–Kier alpha value is -7.62. The first-order chi connectivity index (χ1) is 28.3. The summed E-state index contributed by atoms with van der Waals surface area (Å²) in [5.41, 5.74) is 15.8. The van der Waals surface area contributed by atoms with E-state index in [0.717, 1.165) is 44.3 Å². The molecule has 3 aromatic heterocycles. The number of aromatic nitrogens is 2. The Labute approximate surface area is 328 Å². The van der Waals surface area contributed by atoms with Crippen molar-refractivity contribution in [1.82, 2.24) is 9.13 Å². The lowest BCUT2D eigenvalue weighted by atomic mass is 10.00. The fraction of sp³-hybridized carbons (Fsp3) is 0. The standard InChI is InChI=1S/C54H34N2O/c1-3-15-35(16-4-1)39-19-7-11-23-46(39)55-47-24-12-8-20-41(47)44-33-37(27-30-49(44)55)38-28-31-50-45(34-38)42-21-9-13-25-48(42)56(50)51-32-29-40(36-17-5-2-6-18-36)54-53(51)43-22-10-14-26-52(43)57-54/h1-34H. The van der Waals surface area contributed by atoms with Crippen molar-refractivity contribution in [3.8, 4) is 44.8 Å². The first-order valence-electron chi connectivity index (χ1n) is 19.5. The first kappa shape index (κ1) is 31.7. The zero-order chi connectivity index (χ0) is 37.5. The van der Waals surface area contributed by atoms with Crippen molar-refractivity contribution in [3.63, 3.8) is 0 Å². The molecule has 12 rings (SSSR count). The molecule has 0 saturated heterocycles. The zero-order valence-electron chi connectivity index (χ0n) is 30.9. The first-order valence-corrected chi connectivity index (χ1v) is 19.5. The minimum absolute atomic E-state index is 0.889. The molecule has 12 aromatic rings. The third kappa shape index (κ3) is 4.79. The van der Waals surface area contributed by atoms with Crippen LogP contribution in [0, 0.1) is 0 Å². The van der Waals surface area contributed by atoms with Crippen LogP contribution >= 0.6 is 0 Å². The average Bonchev–Trinajstić information content (AvgIpc) is 3.94.